The monoisotopic (exact) mass is 481 g/mol. The van der Waals surface area contributed by atoms with Crippen LogP contribution < -0.4 is 15.0 Å². The molecule has 0 spiro atoms. The van der Waals surface area contributed by atoms with Crippen molar-refractivity contribution in [1.29, 1.82) is 0 Å². The van der Waals surface area contributed by atoms with Gasteiger partial charge in [-0.15, -0.1) is 11.3 Å². The molecule has 34 heavy (non-hydrogen) atoms. The number of carbonyl (C=O) groups is 3. The second-order valence-electron chi connectivity index (χ2n) is 7.68. The number of hydrogen-bond acceptors (Lipinski definition) is 5. The predicted molar refractivity (Wildman–Crippen MR) is 129 cm³/mol. The molecule has 2 aromatic carbocycles. The molecule has 176 valence electrons. The van der Waals surface area contributed by atoms with Crippen molar-refractivity contribution in [3.05, 3.63) is 76.7 Å². The molecular weight excluding hydrogens is 457 g/mol. The van der Waals surface area contributed by atoms with E-state index in [1.807, 2.05) is 24.4 Å². The number of rotatable bonds is 9. The zero-order chi connectivity index (χ0) is 24.1. The van der Waals surface area contributed by atoms with Crippen LogP contribution in [0, 0.1) is 5.82 Å². The van der Waals surface area contributed by atoms with Crippen molar-refractivity contribution >= 4 is 40.6 Å². The first-order valence-electron chi connectivity index (χ1n) is 10.9. The molecule has 3 aromatic rings. The van der Waals surface area contributed by atoms with Crippen LogP contribution in [0.4, 0.5) is 20.6 Å². The van der Waals surface area contributed by atoms with Crippen molar-refractivity contribution in [2.75, 3.05) is 23.4 Å². The fourth-order valence-corrected chi connectivity index (χ4v) is 4.49. The van der Waals surface area contributed by atoms with Crippen molar-refractivity contribution in [3.8, 4) is 5.75 Å². The SMILES string of the molecule is CCOc1ccc(NC(=O)C[C@H]2C(=O)N(c3ccc(F)cc3)C(=O)N2CCc2cccs2)cc1. The summed E-state index contributed by atoms with van der Waals surface area (Å²) in [5, 5.41) is 4.72. The normalized spacial score (nSPS) is 15.6. The summed E-state index contributed by atoms with van der Waals surface area (Å²) in [6, 6.07) is 14.5. The van der Waals surface area contributed by atoms with Crippen molar-refractivity contribution in [2.45, 2.75) is 25.8 Å². The van der Waals surface area contributed by atoms with Gasteiger partial charge in [0.25, 0.3) is 5.91 Å². The van der Waals surface area contributed by atoms with Gasteiger partial charge in [-0.2, -0.15) is 0 Å². The maximum atomic E-state index is 13.4. The van der Waals surface area contributed by atoms with Crippen LogP contribution in [-0.2, 0) is 16.0 Å². The minimum atomic E-state index is -0.958. The van der Waals surface area contributed by atoms with Crippen molar-refractivity contribution < 1.29 is 23.5 Å². The topological polar surface area (TPSA) is 79.0 Å². The number of halogens is 1. The third kappa shape index (κ3) is 5.26. The molecule has 1 atom stereocenters. The number of nitrogens with one attached hydrogen (secondary N) is 1. The van der Waals surface area contributed by atoms with Crippen molar-refractivity contribution in [3.63, 3.8) is 0 Å². The van der Waals surface area contributed by atoms with E-state index >= 15 is 0 Å². The average molecular weight is 482 g/mol. The van der Waals surface area contributed by atoms with E-state index in [1.54, 1.807) is 35.6 Å². The lowest BCUT2D eigenvalue weighted by Gasteiger charge is -2.21. The molecule has 4 rings (SSSR count). The Morgan fingerprint density at radius 3 is 2.47 bits per heavy atom. The summed E-state index contributed by atoms with van der Waals surface area (Å²) in [6.45, 7) is 2.70. The Balaban J connectivity index is 1.51. The van der Waals surface area contributed by atoms with E-state index in [-0.39, 0.29) is 18.7 Å². The van der Waals surface area contributed by atoms with Gasteiger partial charge in [0.15, 0.2) is 0 Å². The van der Waals surface area contributed by atoms with Gasteiger partial charge in [0, 0.05) is 17.1 Å². The molecule has 0 saturated carbocycles. The molecule has 1 aliphatic heterocycles. The van der Waals surface area contributed by atoms with Crippen LogP contribution in [0.2, 0.25) is 0 Å². The molecule has 7 nitrogen and oxygen atoms in total. The first kappa shape index (κ1) is 23.4. The lowest BCUT2D eigenvalue weighted by Crippen LogP contribution is -2.39. The minimum Gasteiger partial charge on any atom is -0.494 e. The number of anilines is 2. The molecule has 2 heterocycles. The summed E-state index contributed by atoms with van der Waals surface area (Å²) in [5.41, 5.74) is 0.831. The smallest absolute Gasteiger partial charge is 0.332 e. The minimum absolute atomic E-state index is 0.195. The molecule has 0 radical (unpaired) electrons. The van der Waals surface area contributed by atoms with Crippen LogP contribution in [0.1, 0.15) is 18.2 Å². The van der Waals surface area contributed by atoms with E-state index in [9.17, 15) is 18.8 Å². The van der Waals surface area contributed by atoms with Crippen LogP contribution in [-0.4, -0.2) is 41.9 Å². The number of thiophene rings is 1. The van der Waals surface area contributed by atoms with Crippen LogP contribution in [0.5, 0.6) is 5.75 Å². The fourth-order valence-electron chi connectivity index (χ4n) is 3.79. The maximum absolute atomic E-state index is 13.4. The van der Waals surface area contributed by atoms with Crippen LogP contribution in [0.3, 0.4) is 0 Å². The lowest BCUT2D eigenvalue weighted by atomic mass is 10.1. The molecule has 1 N–H and O–H groups in total. The lowest BCUT2D eigenvalue weighted by molar-refractivity contribution is -0.124. The van der Waals surface area contributed by atoms with Gasteiger partial charge in [0.05, 0.1) is 18.7 Å². The highest BCUT2D eigenvalue weighted by atomic mass is 32.1. The largest absolute Gasteiger partial charge is 0.494 e. The summed E-state index contributed by atoms with van der Waals surface area (Å²) < 4.78 is 18.8. The summed E-state index contributed by atoms with van der Waals surface area (Å²) in [7, 11) is 0. The van der Waals surface area contributed by atoms with Crippen LogP contribution in [0.15, 0.2) is 66.0 Å². The summed E-state index contributed by atoms with van der Waals surface area (Å²) in [5.74, 6) is -0.683. The number of urea groups is 1. The van der Waals surface area contributed by atoms with Crippen LogP contribution >= 0.6 is 11.3 Å². The zero-order valence-electron chi connectivity index (χ0n) is 18.6. The molecule has 0 unspecified atom stereocenters. The molecular formula is C25H24FN3O4S. The van der Waals surface area contributed by atoms with Gasteiger partial charge in [-0.25, -0.2) is 14.1 Å². The number of imide groups is 1. The quantitative estimate of drug-likeness (QED) is 0.450. The Morgan fingerprint density at radius 1 is 1.09 bits per heavy atom. The van der Waals surface area contributed by atoms with Crippen LogP contribution in [0.25, 0.3) is 0 Å². The summed E-state index contributed by atoms with van der Waals surface area (Å²) >= 11 is 1.56. The van der Waals surface area contributed by atoms with E-state index in [0.717, 1.165) is 9.78 Å². The van der Waals surface area contributed by atoms with E-state index in [0.29, 0.717) is 24.5 Å². The molecule has 1 saturated heterocycles. The summed E-state index contributed by atoms with van der Waals surface area (Å²) in [4.78, 5) is 42.8. The fraction of sp³-hybridized carbons (Fsp3) is 0.240. The Hall–Kier alpha value is -3.72. The van der Waals surface area contributed by atoms with Crippen molar-refractivity contribution in [2.24, 2.45) is 0 Å². The maximum Gasteiger partial charge on any atom is 0.332 e. The molecule has 1 aliphatic rings. The Kier molecular flexibility index (Phi) is 7.22. The van der Waals surface area contributed by atoms with Gasteiger partial charge in [-0.1, -0.05) is 6.07 Å². The number of amides is 4. The van der Waals surface area contributed by atoms with E-state index in [4.69, 9.17) is 4.74 Å². The van der Waals surface area contributed by atoms with Gasteiger partial charge in [-0.05, 0) is 73.3 Å². The van der Waals surface area contributed by atoms with E-state index < -0.39 is 29.7 Å². The van der Waals surface area contributed by atoms with Gasteiger partial charge in [0.1, 0.15) is 17.6 Å². The number of ether oxygens (including phenoxy) is 1. The number of benzene rings is 2. The second kappa shape index (κ2) is 10.5. The summed E-state index contributed by atoms with van der Waals surface area (Å²) in [6.07, 6.45) is 0.366. The second-order valence-corrected chi connectivity index (χ2v) is 8.71. The van der Waals surface area contributed by atoms with Gasteiger partial charge in [0.2, 0.25) is 5.91 Å². The highest BCUT2D eigenvalue weighted by molar-refractivity contribution is 7.09. The first-order chi connectivity index (χ1) is 16.5. The third-order valence-electron chi connectivity index (χ3n) is 5.41. The molecule has 0 bridgehead atoms. The highest BCUT2D eigenvalue weighted by Crippen LogP contribution is 2.28. The average Bonchev–Trinajstić information content (AvgIpc) is 3.42. The van der Waals surface area contributed by atoms with Gasteiger partial charge >= 0.3 is 6.03 Å². The standard InChI is InChI=1S/C25H24FN3O4S/c1-2-33-20-11-7-18(8-12-20)27-23(30)16-22-24(31)29(19-9-5-17(26)6-10-19)25(32)28(22)14-13-21-4-3-15-34-21/h3-12,15,22H,2,13-14,16H2,1H3,(H,27,30)/t22-/m0/s1. The van der Waals surface area contributed by atoms with Gasteiger partial charge in [-0.3, -0.25) is 9.59 Å². The first-order valence-corrected chi connectivity index (χ1v) is 11.8. The number of hydrogen-bond donors (Lipinski definition) is 1. The molecule has 9 heteroatoms. The number of carbonyl (C=O) groups excluding carboxylic acids is 3. The zero-order valence-corrected chi connectivity index (χ0v) is 19.4. The van der Waals surface area contributed by atoms with Gasteiger partial charge < -0.3 is 15.0 Å². The molecule has 4 amide bonds. The molecule has 1 fully saturated rings. The molecule has 1 aromatic heterocycles. The Bertz CT molecular complexity index is 1150. The third-order valence-corrected chi connectivity index (χ3v) is 6.35. The number of nitrogens with zero attached hydrogens (tertiary/aromatic N) is 2. The van der Waals surface area contributed by atoms with E-state index in [2.05, 4.69) is 5.32 Å². The Morgan fingerprint density at radius 2 is 1.82 bits per heavy atom. The highest BCUT2D eigenvalue weighted by Gasteiger charge is 2.46. The van der Waals surface area contributed by atoms with Crippen molar-refractivity contribution in [1.82, 2.24) is 4.90 Å². The molecule has 0 aliphatic carbocycles. The predicted octanol–water partition coefficient (Wildman–Crippen LogP) is 4.69. The Labute approximate surface area is 200 Å². The van der Waals surface area contributed by atoms with E-state index in [1.165, 1.54) is 29.2 Å².